The fourth-order valence-electron chi connectivity index (χ4n) is 8.28. The molecular weight excluding hydrogens is 664 g/mol. The Morgan fingerprint density at radius 3 is 1.44 bits per heavy atom. The summed E-state index contributed by atoms with van der Waals surface area (Å²) in [4.78, 5) is 0. The Kier molecular flexibility index (Phi) is 7.77. The van der Waals surface area contributed by atoms with Gasteiger partial charge in [0.1, 0.15) is 57.8 Å². The average molecular weight is 699 g/mol. The van der Waals surface area contributed by atoms with Crippen LogP contribution in [-0.2, 0) is 0 Å². The van der Waals surface area contributed by atoms with Crippen LogP contribution in [0.25, 0.3) is 0 Å². The van der Waals surface area contributed by atoms with Crippen LogP contribution in [0, 0.1) is 0 Å². The fraction of sp³-hybridized carbons (Fsp3) is 0.143. The van der Waals surface area contributed by atoms with Gasteiger partial charge in [0.05, 0.1) is 12.0 Å². The zero-order valence-corrected chi connectivity index (χ0v) is 27.4. The van der Waals surface area contributed by atoms with Gasteiger partial charge in [0.25, 0.3) is 0 Å². The summed E-state index contributed by atoms with van der Waals surface area (Å²) in [7, 11) is 0. The molecule has 2 aliphatic rings. The first kappa shape index (κ1) is 32.7. The van der Waals surface area contributed by atoms with E-state index >= 15 is 0 Å². The molecule has 0 saturated carbocycles. The molecule has 1 aliphatic heterocycles. The maximum atomic E-state index is 12.5. The largest absolute Gasteiger partial charge is 0.508 e. The van der Waals surface area contributed by atoms with E-state index in [-0.39, 0.29) is 51.7 Å². The van der Waals surface area contributed by atoms with Crippen molar-refractivity contribution in [2.24, 2.45) is 0 Å². The van der Waals surface area contributed by atoms with E-state index in [1.165, 1.54) is 78.9 Å². The first-order valence-corrected chi connectivity index (χ1v) is 16.6. The predicted molar refractivity (Wildman–Crippen MR) is 189 cm³/mol. The summed E-state index contributed by atoms with van der Waals surface area (Å²) in [6.45, 7) is 0. The highest BCUT2D eigenvalue weighted by Gasteiger charge is 2.52. The molecule has 6 aromatic carbocycles. The van der Waals surface area contributed by atoms with Crippen molar-refractivity contribution in [3.05, 3.63) is 160 Å². The molecule has 262 valence electrons. The topological polar surface area (TPSA) is 191 Å². The minimum Gasteiger partial charge on any atom is -0.508 e. The third-order valence-electron chi connectivity index (χ3n) is 10.3. The summed E-state index contributed by atoms with van der Waals surface area (Å²) in [6, 6.07) is 28.9. The number of aliphatic hydroxyl groups is 1. The van der Waals surface area contributed by atoms with E-state index in [1.54, 1.807) is 36.4 Å². The van der Waals surface area contributed by atoms with Crippen LogP contribution < -0.4 is 4.74 Å². The van der Waals surface area contributed by atoms with Crippen molar-refractivity contribution in [2.45, 2.75) is 35.9 Å². The average Bonchev–Trinajstić information content (AvgIpc) is 3.65. The molecular formula is C42H34O10. The summed E-state index contributed by atoms with van der Waals surface area (Å²) in [6.07, 6.45) is -2.09. The number of rotatable bonds is 6. The first-order chi connectivity index (χ1) is 25.0. The van der Waals surface area contributed by atoms with Gasteiger partial charge in [-0.1, -0.05) is 36.4 Å². The summed E-state index contributed by atoms with van der Waals surface area (Å²) in [5, 5.41) is 98.0. The van der Waals surface area contributed by atoms with Crippen molar-refractivity contribution in [1.82, 2.24) is 0 Å². The van der Waals surface area contributed by atoms with E-state index < -0.39 is 35.9 Å². The Morgan fingerprint density at radius 1 is 0.423 bits per heavy atom. The normalized spacial score (nSPS) is 20.9. The zero-order chi connectivity index (χ0) is 36.4. The molecule has 0 saturated heterocycles. The van der Waals surface area contributed by atoms with E-state index in [4.69, 9.17) is 4.74 Å². The molecule has 9 N–H and O–H groups in total. The van der Waals surface area contributed by atoms with Gasteiger partial charge < -0.3 is 50.7 Å². The van der Waals surface area contributed by atoms with Crippen LogP contribution in [0.2, 0.25) is 0 Å². The van der Waals surface area contributed by atoms with Gasteiger partial charge in [-0.3, -0.25) is 0 Å². The molecule has 0 radical (unpaired) electrons. The van der Waals surface area contributed by atoms with Crippen molar-refractivity contribution in [1.29, 1.82) is 0 Å². The van der Waals surface area contributed by atoms with Crippen molar-refractivity contribution >= 4 is 0 Å². The smallest absolute Gasteiger partial charge is 0.135 e. The quantitative estimate of drug-likeness (QED) is 0.0850. The molecule has 0 amide bonds. The highest BCUT2D eigenvalue weighted by molar-refractivity contribution is 5.68. The second kappa shape index (κ2) is 12.4. The molecule has 52 heavy (non-hydrogen) atoms. The number of hydrogen-bond acceptors (Lipinski definition) is 10. The van der Waals surface area contributed by atoms with Gasteiger partial charge in [-0.25, -0.2) is 0 Å². The van der Waals surface area contributed by atoms with E-state index in [2.05, 4.69) is 0 Å². The van der Waals surface area contributed by atoms with Gasteiger partial charge in [0, 0.05) is 47.1 Å². The number of fused-ring (bicyclic) bond motifs is 3. The lowest BCUT2D eigenvalue weighted by molar-refractivity contribution is 0.134. The maximum absolute atomic E-state index is 12.5. The molecule has 10 nitrogen and oxygen atoms in total. The SMILES string of the molecule is Oc1ccc([C@H]2c3c(O)cc4c(c3[C@@H]([C@H](O)c3ccc(O)cc3)[C@@H]2c2cc(O)cc(O)c2)[C@@H](c2cc(O)cc(O)c2)[C@@H](c2ccc(O)cc2)O4)cc1. The lowest BCUT2D eigenvalue weighted by Gasteiger charge is -2.31. The Morgan fingerprint density at radius 2 is 0.904 bits per heavy atom. The monoisotopic (exact) mass is 698 g/mol. The van der Waals surface area contributed by atoms with E-state index in [0.29, 0.717) is 44.5 Å². The third-order valence-corrected chi connectivity index (χ3v) is 10.3. The van der Waals surface area contributed by atoms with Gasteiger partial charge in [0.15, 0.2) is 0 Å². The van der Waals surface area contributed by atoms with Crippen molar-refractivity contribution in [2.75, 3.05) is 0 Å². The van der Waals surface area contributed by atoms with Crippen LogP contribution in [0.4, 0.5) is 0 Å². The Labute approximate surface area is 297 Å². The van der Waals surface area contributed by atoms with Gasteiger partial charge >= 0.3 is 0 Å². The van der Waals surface area contributed by atoms with E-state index in [0.717, 1.165) is 0 Å². The molecule has 0 fully saturated rings. The molecule has 1 aliphatic carbocycles. The molecule has 8 rings (SSSR count). The van der Waals surface area contributed by atoms with Crippen LogP contribution in [0.1, 0.15) is 80.4 Å². The Balaban J connectivity index is 1.47. The van der Waals surface area contributed by atoms with Gasteiger partial charge in [-0.15, -0.1) is 0 Å². The molecule has 1 heterocycles. The van der Waals surface area contributed by atoms with E-state index in [9.17, 15) is 46.0 Å². The van der Waals surface area contributed by atoms with Crippen molar-refractivity contribution < 1.29 is 50.7 Å². The highest BCUT2D eigenvalue weighted by atomic mass is 16.5. The number of benzene rings is 6. The number of phenolic OH excluding ortho intramolecular Hbond substituents is 8. The lowest BCUT2D eigenvalue weighted by Crippen LogP contribution is -2.19. The fourth-order valence-corrected chi connectivity index (χ4v) is 8.28. The molecule has 0 aromatic heterocycles. The van der Waals surface area contributed by atoms with Crippen LogP contribution >= 0.6 is 0 Å². The third kappa shape index (κ3) is 5.50. The maximum Gasteiger partial charge on any atom is 0.135 e. The molecule has 6 aromatic rings. The number of hydrogen-bond donors (Lipinski definition) is 9. The second-order valence-corrected chi connectivity index (χ2v) is 13.5. The van der Waals surface area contributed by atoms with Gasteiger partial charge in [-0.2, -0.15) is 0 Å². The van der Waals surface area contributed by atoms with Crippen LogP contribution in [0.3, 0.4) is 0 Å². The van der Waals surface area contributed by atoms with Crippen LogP contribution in [0.5, 0.6) is 51.7 Å². The minimum absolute atomic E-state index is 0.00775. The summed E-state index contributed by atoms with van der Waals surface area (Å²) in [5.74, 6) is -3.76. The molecule has 0 unspecified atom stereocenters. The second-order valence-electron chi connectivity index (χ2n) is 13.5. The molecule has 6 atom stereocenters. The van der Waals surface area contributed by atoms with Crippen molar-refractivity contribution in [3.8, 4) is 51.7 Å². The highest BCUT2D eigenvalue weighted by Crippen LogP contribution is 2.66. The molecule has 0 spiro atoms. The summed E-state index contributed by atoms with van der Waals surface area (Å²) >= 11 is 0. The lowest BCUT2D eigenvalue weighted by atomic mass is 9.73. The van der Waals surface area contributed by atoms with Gasteiger partial charge in [0.2, 0.25) is 0 Å². The Hall–Kier alpha value is -6.52. The first-order valence-electron chi connectivity index (χ1n) is 16.6. The van der Waals surface area contributed by atoms with Gasteiger partial charge in [-0.05, 0) is 94.0 Å². The molecule has 10 heteroatoms. The van der Waals surface area contributed by atoms with E-state index in [1.807, 2.05) is 0 Å². The van der Waals surface area contributed by atoms with Crippen LogP contribution in [0.15, 0.2) is 115 Å². The zero-order valence-electron chi connectivity index (χ0n) is 27.4. The van der Waals surface area contributed by atoms with Crippen molar-refractivity contribution in [3.63, 3.8) is 0 Å². The number of ether oxygens (including phenoxy) is 1. The standard InChI is InChI=1S/C42H34O10/c43-25-7-1-20(2-8-25)34-35(23-13-28(46)17-29(47)14-23)40(41(51)21-3-9-26(44)10-4-21)39-37(34)32(50)19-33-38(39)36(24-15-30(48)18-31(49)16-24)42(52-33)22-5-11-27(45)12-6-22/h1-19,34-36,40-51H/t34-,35-,36-,40+,41-,42-/m1/s1. The predicted octanol–water partition coefficient (Wildman–Crippen LogP) is 7.34. The molecule has 0 bridgehead atoms. The number of aromatic hydroxyl groups is 8. The summed E-state index contributed by atoms with van der Waals surface area (Å²) < 4.78 is 6.64. The van der Waals surface area contributed by atoms with Crippen LogP contribution in [-0.4, -0.2) is 46.0 Å². The summed E-state index contributed by atoms with van der Waals surface area (Å²) in [5.41, 5.74) is 4.17. The number of aliphatic hydroxyl groups excluding tert-OH is 1. The Bertz CT molecular complexity index is 2260. The number of phenols is 8. The minimum atomic E-state index is -1.30.